The van der Waals surface area contributed by atoms with Crippen LogP contribution >= 0.6 is 0 Å². The molecule has 154 valence electrons. The van der Waals surface area contributed by atoms with Gasteiger partial charge in [-0.2, -0.15) is 0 Å². The van der Waals surface area contributed by atoms with Crippen LogP contribution in [0.2, 0.25) is 0 Å². The monoisotopic (exact) mass is 411 g/mol. The number of hydrogen-bond acceptors (Lipinski definition) is 6. The molecule has 1 aliphatic rings. The highest BCUT2D eigenvalue weighted by Crippen LogP contribution is 2.51. The van der Waals surface area contributed by atoms with Gasteiger partial charge in [0.05, 0.1) is 11.1 Å². The Labute approximate surface area is 179 Å². The molecule has 3 aromatic heterocycles. The van der Waals surface area contributed by atoms with E-state index in [-0.39, 0.29) is 5.91 Å². The predicted octanol–water partition coefficient (Wildman–Crippen LogP) is 3.55. The lowest BCUT2D eigenvalue weighted by Crippen LogP contribution is -2.34. The molecule has 0 saturated carbocycles. The minimum absolute atomic E-state index is 0.0478. The van der Waals surface area contributed by atoms with Crippen molar-refractivity contribution in [1.29, 1.82) is 0 Å². The van der Waals surface area contributed by atoms with E-state index in [1.54, 1.807) is 46.3 Å². The molecule has 0 saturated heterocycles. The van der Waals surface area contributed by atoms with Gasteiger partial charge in [-0.1, -0.05) is 29.8 Å². The standard InChI is InChI=1S/C23H21N7O/c1-4-23(3)17(20-24-11-5-12-25-20)19(18-21-26-13-6-14-29(21)28-27-18)30(22(23)31)16-9-7-15(2)8-10-16/h5-14H,4H2,1-3H3. The van der Waals surface area contributed by atoms with Gasteiger partial charge in [0.1, 0.15) is 0 Å². The number of rotatable bonds is 4. The van der Waals surface area contributed by atoms with Crippen LogP contribution in [0.3, 0.4) is 0 Å². The Morgan fingerprint density at radius 2 is 1.71 bits per heavy atom. The number of amides is 1. The molecule has 0 fully saturated rings. The van der Waals surface area contributed by atoms with Gasteiger partial charge in [0, 0.05) is 36.0 Å². The molecule has 8 heteroatoms. The number of aromatic nitrogens is 6. The number of benzene rings is 1. The number of aryl methyl sites for hydroxylation is 1. The van der Waals surface area contributed by atoms with E-state index in [1.807, 2.05) is 45.0 Å². The zero-order valence-electron chi connectivity index (χ0n) is 17.5. The highest BCUT2D eigenvalue weighted by Gasteiger charge is 2.51. The first kappa shape index (κ1) is 19.0. The summed E-state index contributed by atoms with van der Waals surface area (Å²) < 4.78 is 1.60. The number of carbonyl (C=O) groups is 1. The summed E-state index contributed by atoms with van der Waals surface area (Å²) in [5.41, 5.74) is 3.49. The van der Waals surface area contributed by atoms with Crippen LogP contribution in [-0.2, 0) is 4.79 Å². The maximum atomic E-state index is 13.9. The van der Waals surface area contributed by atoms with E-state index in [9.17, 15) is 4.79 Å². The van der Waals surface area contributed by atoms with Gasteiger partial charge in [-0.3, -0.25) is 9.69 Å². The van der Waals surface area contributed by atoms with Crippen molar-refractivity contribution in [3.8, 4) is 0 Å². The first-order valence-corrected chi connectivity index (χ1v) is 10.1. The first-order chi connectivity index (χ1) is 15.0. The van der Waals surface area contributed by atoms with E-state index in [0.717, 1.165) is 16.8 Å². The maximum absolute atomic E-state index is 13.9. The summed E-state index contributed by atoms with van der Waals surface area (Å²) in [5.74, 6) is 0.454. The molecule has 5 rings (SSSR count). The minimum Gasteiger partial charge on any atom is -0.277 e. The summed E-state index contributed by atoms with van der Waals surface area (Å²) in [7, 11) is 0. The molecular weight excluding hydrogens is 390 g/mol. The van der Waals surface area contributed by atoms with Crippen molar-refractivity contribution >= 4 is 28.5 Å². The highest BCUT2D eigenvalue weighted by molar-refractivity contribution is 6.25. The summed E-state index contributed by atoms with van der Waals surface area (Å²) in [6.07, 6.45) is 7.42. The summed E-state index contributed by atoms with van der Waals surface area (Å²) in [6, 6.07) is 11.4. The van der Waals surface area contributed by atoms with Crippen molar-refractivity contribution in [2.45, 2.75) is 27.2 Å². The van der Waals surface area contributed by atoms with Crippen molar-refractivity contribution in [3.63, 3.8) is 0 Å². The third-order valence-corrected chi connectivity index (χ3v) is 5.88. The molecule has 1 unspecified atom stereocenters. The van der Waals surface area contributed by atoms with Gasteiger partial charge in [-0.15, -0.1) is 5.10 Å². The Morgan fingerprint density at radius 3 is 2.42 bits per heavy atom. The van der Waals surface area contributed by atoms with Crippen LogP contribution in [0.1, 0.15) is 37.4 Å². The predicted molar refractivity (Wildman–Crippen MR) is 117 cm³/mol. The van der Waals surface area contributed by atoms with E-state index < -0.39 is 5.41 Å². The van der Waals surface area contributed by atoms with Crippen molar-refractivity contribution < 1.29 is 4.79 Å². The van der Waals surface area contributed by atoms with Crippen molar-refractivity contribution in [2.24, 2.45) is 5.41 Å². The van der Waals surface area contributed by atoms with Gasteiger partial charge in [0.25, 0.3) is 0 Å². The zero-order chi connectivity index (χ0) is 21.6. The molecule has 0 bridgehead atoms. The van der Waals surface area contributed by atoms with Gasteiger partial charge >= 0.3 is 0 Å². The third kappa shape index (κ3) is 2.83. The average Bonchev–Trinajstić information content (AvgIpc) is 3.32. The number of nitrogens with zero attached hydrogens (tertiary/aromatic N) is 7. The van der Waals surface area contributed by atoms with Gasteiger partial charge in [0.2, 0.25) is 5.91 Å². The quantitative estimate of drug-likeness (QED) is 0.510. The van der Waals surface area contributed by atoms with E-state index in [1.165, 1.54) is 0 Å². The van der Waals surface area contributed by atoms with Crippen molar-refractivity contribution in [2.75, 3.05) is 4.90 Å². The second-order valence-electron chi connectivity index (χ2n) is 7.78. The van der Waals surface area contributed by atoms with Crippen LogP contribution in [-0.4, -0.2) is 35.7 Å². The largest absolute Gasteiger partial charge is 0.277 e. The molecule has 1 atom stereocenters. The van der Waals surface area contributed by atoms with Crippen LogP contribution in [0, 0.1) is 12.3 Å². The molecular formula is C23H21N7O. The highest BCUT2D eigenvalue weighted by atomic mass is 16.2. The summed E-state index contributed by atoms with van der Waals surface area (Å²) in [4.78, 5) is 29.1. The molecule has 0 spiro atoms. The molecule has 4 heterocycles. The smallest absolute Gasteiger partial charge is 0.242 e. The van der Waals surface area contributed by atoms with E-state index in [4.69, 9.17) is 0 Å². The fourth-order valence-corrected chi connectivity index (χ4v) is 4.00. The Hall–Kier alpha value is -3.94. The maximum Gasteiger partial charge on any atom is 0.242 e. The van der Waals surface area contributed by atoms with E-state index in [2.05, 4.69) is 25.3 Å². The number of anilines is 1. The number of hydrogen-bond donors (Lipinski definition) is 0. The molecule has 0 N–H and O–H groups in total. The van der Waals surface area contributed by atoms with Crippen LogP contribution in [0.4, 0.5) is 5.69 Å². The summed E-state index contributed by atoms with van der Waals surface area (Å²) >= 11 is 0. The lowest BCUT2D eigenvalue weighted by molar-refractivity contribution is -0.123. The summed E-state index contributed by atoms with van der Waals surface area (Å²) in [6.45, 7) is 5.95. The Bertz CT molecular complexity index is 1310. The van der Waals surface area contributed by atoms with Crippen LogP contribution < -0.4 is 4.90 Å². The van der Waals surface area contributed by atoms with Crippen molar-refractivity contribution in [1.82, 2.24) is 29.8 Å². The Morgan fingerprint density at radius 1 is 1.00 bits per heavy atom. The molecule has 8 nitrogen and oxygen atoms in total. The van der Waals surface area contributed by atoms with Crippen molar-refractivity contribution in [3.05, 3.63) is 78.3 Å². The van der Waals surface area contributed by atoms with Gasteiger partial charge in [0.15, 0.2) is 17.2 Å². The minimum atomic E-state index is -0.827. The molecule has 1 aliphatic heterocycles. The van der Waals surface area contributed by atoms with Gasteiger partial charge < -0.3 is 0 Å². The summed E-state index contributed by atoms with van der Waals surface area (Å²) in [5, 5.41) is 8.65. The van der Waals surface area contributed by atoms with Crippen LogP contribution in [0.15, 0.2) is 61.2 Å². The average molecular weight is 411 g/mol. The van der Waals surface area contributed by atoms with Gasteiger partial charge in [-0.25, -0.2) is 19.5 Å². The molecule has 4 aromatic rings. The molecule has 0 radical (unpaired) electrons. The number of fused-ring (bicyclic) bond motifs is 1. The molecule has 1 aromatic carbocycles. The Kier molecular flexibility index (Phi) is 4.35. The van der Waals surface area contributed by atoms with Crippen LogP contribution in [0.5, 0.6) is 0 Å². The molecule has 31 heavy (non-hydrogen) atoms. The second-order valence-corrected chi connectivity index (χ2v) is 7.78. The topological polar surface area (TPSA) is 89.2 Å². The van der Waals surface area contributed by atoms with Gasteiger partial charge in [-0.05, 0) is 44.5 Å². The van der Waals surface area contributed by atoms with E-state index >= 15 is 0 Å². The molecule has 0 aliphatic carbocycles. The lowest BCUT2D eigenvalue weighted by atomic mass is 9.79. The van der Waals surface area contributed by atoms with E-state index in [0.29, 0.717) is 29.3 Å². The SMILES string of the molecule is CCC1(C)C(=O)N(c2ccc(C)cc2)C(c2nnn3cccnc23)=C1c1ncccn1. The second kappa shape index (κ2) is 7.09. The fourth-order valence-electron chi connectivity index (χ4n) is 4.00. The zero-order valence-corrected chi connectivity index (χ0v) is 17.5. The molecule has 1 amide bonds. The first-order valence-electron chi connectivity index (χ1n) is 10.1. The fraction of sp³-hybridized carbons (Fsp3) is 0.217. The third-order valence-electron chi connectivity index (χ3n) is 5.88. The normalized spacial score (nSPS) is 18.9. The number of carbonyl (C=O) groups excluding carboxylic acids is 1. The lowest BCUT2D eigenvalue weighted by Gasteiger charge is -2.25. The Balaban J connectivity index is 1.88. The van der Waals surface area contributed by atoms with Crippen LogP contribution in [0.25, 0.3) is 16.9 Å².